The lowest BCUT2D eigenvalue weighted by atomic mass is 9.76. The van der Waals surface area contributed by atoms with Crippen molar-refractivity contribution in [1.82, 2.24) is 15.3 Å². The second-order valence-corrected chi connectivity index (χ2v) is 13.8. The molecule has 1 aliphatic carbocycles. The number of sulfone groups is 1. The van der Waals surface area contributed by atoms with E-state index in [1.165, 1.54) is 24.6 Å². The molecule has 1 saturated carbocycles. The van der Waals surface area contributed by atoms with Crippen LogP contribution in [0.3, 0.4) is 0 Å². The summed E-state index contributed by atoms with van der Waals surface area (Å²) in [7, 11) is -3.45. The summed E-state index contributed by atoms with van der Waals surface area (Å²) in [5.74, 6) is -0.253. The third kappa shape index (κ3) is 4.46. The molecule has 2 bridgehead atoms. The summed E-state index contributed by atoms with van der Waals surface area (Å²) in [6.45, 7) is 2.98. The highest BCUT2D eigenvalue weighted by atomic mass is 32.2. The van der Waals surface area contributed by atoms with Crippen molar-refractivity contribution in [3.05, 3.63) is 59.8 Å². The molecule has 0 spiro atoms. The van der Waals surface area contributed by atoms with E-state index in [4.69, 9.17) is 5.73 Å². The van der Waals surface area contributed by atoms with E-state index in [-0.39, 0.29) is 34.5 Å². The summed E-state index contributed by atoms with van der Waals surface area (Å²) in [6.07, 6.45) is 9.39. The van der Waals surface area contributed by atoms with Crippen molar-refractivity contribution < 1.29 is 17.6 Å². The van der Waals surface area contributed by atoms with E-state index in [2.05, 4.69) is 27.5 Å². The normalized spacial score (nSPS) is 28.7. The minimum Gasteiger partial charge on any atom is -0.349 e. The minimum atomic E-state index is -3.45. The Balaban J connectivity index is 1.33. The predicted molar refractivity (Wildman–Crippen MR) is 149 cm³/mol. The van der Waals surface area contributed by atoms with Gasteiger partial charge in [0.15, 0.2) is 14.7 Å². The van der Waals surface area contributed by atoms with Crippen LogP contribution < -0.4 is 21.3 Å². The van der Waals surface area contributed by atoms with Crippen molar-refractivity contribution in [3.63, 3.8) is 0 Å². The molecule has 2 aliphatic heterocycles. The summed E-state index contributed by atoms with van der Waals surface area (Å²) in [5.41, 5.74) is 8.85. The van der Waals surface area contributed by atoms with Crippen molar-refractivity contribution in [2.75, 3.05) is 29.6 Å². The summed E-state index contributed by atoms with van der Waals surface area (Å²) >= 11 is 0. The lowest BCUT2D eigenvalue weighted by Crippen LogP contribution is -2.57. The van der Waals surface area contributed by atoms with Gasteiger partial charge in [-0.1, -0.05) is 6.92 Å². The van der Waals surface area contributed by atoms with Gasteiger partial charge in [-0.25, -0.2) is 12.8 Å². The van der Waals surface area contributed by atoms with Gasteiger partial charge in [0, 0.05) is 49.4 Å². The van der Waals surface area contributed by atoms with Crippen LogP contribution in [-0.2, 0) is 9.84 Å². The van der Waals surface area contributed by atoms with Crippen LogP contribution >= 0.6 is 0 Å². The topological polar surface area (TPSA) is 130 Å². The Morgan fingerprint density at radius 2 is 2.05 bits per heavy atom. The second kappa shape index (κ2) is 9.50. The van der Waals surface area contributed by atoms with Crippen molar-refractivity contribution in [3.8, 4) is 0 Å². The van der Waals surface area contributed by atoms with E-state index in [0.29, 0.717) is 36.8 Å². The maximum Gasteiger partial charge on any atom is 0.257 e. The fourth-order valence-electron chi connectivity index (χ4n) is 6.85. The Morgan fingerprint density at radius 1 is 1.23 bits per heavy atom. The van der Waals surface area contributed by atoms with Crippen molar-refractivity contribution in [2.24, 2.45) is 11.7 Å². The zero-order valence-electron chi connectivity index (χ0n) is 22.0. The molecule has 11 heteroatoms. The molecule has 3 aromatic rings. The predicted octanol–water partition coefficient (Wildman–Crippen LogP) is 3.17. The average Bonchev–Trinajstić information content (AvgIpc) is 3.49. The SMILES string of the molecule is C[C@@H]1C[C@H](N)C[C@H](c2ccncc2NC(=O)c2ccc(F)c3cc(N4C[C@H]5C[C@@]4(S(C)(=O)=O)CN5)cnc23)C1. The molecule has 3 fully saturated rings. The van der Waals surface area contributed by atoms with Crippen LogP contribution in [0.4, 0.5) is 15.8 Å². The van der Waals surface area contributed by atoms with Crippen LogP contribution in [0, 0.1) is 11.7 Å². The number of carbonyl (C=O) groups is 1. The van der Waals surface area contributed by atoms with Gasteiger partial charge in [-0.2, -0.15) is 0 Å². The number of nitrogens with zero attached hydrogens (tertiary/aromatic N) is 3. The summed E-state index contributed by atoms with van der Waals surface area (Å²) < 4.78 is 40.6. The highest BCUT2D eigenvalue weighted by Gasteiger charge is 2.57. The standard InChI is InChI=1S/C28H33FN6O3S/c1-16-7-17(9-18(30)8-16)21-5-6-31-13-25(21)34-27(36)22-3-4-24(29)23-10-20(12-32-26(22)23)35-14-19-11-28(35,15-33-19)39(2,37)38/h3-6,10,12-13,16-19,33H,7-9,11,14-15,30H2,1-2H3,(H,34,36)/t16-,17+,18-,19+,28+/m0/s1. The van der Waals surface area contributed by atoms with Gasteiger partial charge in [0.05, 0.1) is 34.8 Å². The van der Waals surface area contributed by atoms with Gasteiger partial charge in [-0.05, 0) is 60.9 Å². The molecule has 206 valence electrons. The monoisotopic (exact) mass is 552 g/mol. The van der Waals surface area contributed by atoms with Gasteiger partial charge in [0.2, 0.25) is 0 Å². The van der Waals surface area contributed by atoms with Crippen LogP contribution in [0.2, 0.25) is 0 Å². The first kappa shape index (κ1) is 26.1. The second-order valence-electron chi connectivity index (χ2n) is 11.5. The Labute approximate surface area is 227 Å². The summed E-state index contributed by atoms with van der Waals surface area (Å²) in [4.78, 5) is 22.9. The zero-order valence-corrected chi connectivity index (χ0v) is 22.8. The minimum absolute atomic E-state index is 0.0350. The van der Waals surface area contributed by atoms with Crippen LogP contribution in [0.5, 0.6) is 0 Å². The van der Waals surface area contributed by atoms with Gasteiger partial charge in [-0.3, -0.25) is 14.8 Å². The largest absolute Gasteiger partial charge is 0.349 e. The van der Waals surface area contributed by atoms with Gasteiger partial charge >= 0.3 is 0 Å². The third-order valence-electron chi connectivity index (χ3n) is 8.68. The Kier molecular flexibility index (Phi) is 6.35. The number of hydrogen-bond donors (Lipinski definition) is 3. The smallest absolute Gasteiger partial charge is 0.257 e. The van der Waals surface area contributed by atoms with Gasteiger partial charge in [-0.15, -0.1) is 0 Å². The Morgan fingerprint density at radius 3 is 2.79 bits per heavy atom. The highest BCUT2D eigenvalue weighted by Crippen LogP contribution is 2.42. The number of carbonyl (C=O) groups excluding carboxylic acids is 1. The molecule has 39 heavy (non-hydrogen) atoms. The molecular weight excluding hydrogens is 519 g/mol. The van der Waals surface area contributed by atoms with Crippen molar-refractivity contribution in [1.29, 1.82) is 0 Å². The molecule has 1 amide bonds. The third-order valence-corrected chi connectivity index (χ3v) is 10.6. The molecule has 9 nitrogen and oxygen atoms in total. The molecule has 2 aromatic heterocycles. The van der Waals surface area contributed by atoms with Gasteiger partial charge in [0.1, 0.15) is 5.82 Å². The molecule has 2 saturated heterocycles. The van der Waals surface area contributed by atoms with Crippen LogP contribution in [0.1, 0.15) is 54.4 Å². The lowest BCUT2D eigenvalue weighted by Gasteiger charge is -2.38. The quantitative estimate of drug-likeness (QED) is 0.440. The molecule has 1 aromatic carbocycles. The number of nitrogens with two attached hydrogens (primary N) is 1. The number of amides is 1. The molecule has 0 radical (unpaired) electrons. The van der Waals surface area contributed by atoms with Crippen molar-refractivity contribution in [2.45, 2.75) is 55.5 Å². The number of aromatic nitrogens is 2. The fraction of sp³-hybridized carbons (Fsp3) is 0.464. The molecular formula is C28H33FN6O3S. The number of anilines is 2. The average molecular weight is 553 g/mol. The van der Waals surface area contributed by atoms with E-state index >= 15 is 4.39 Å². The Hall–Kier alpha value is -3.15. The molecule has 4 N–H and O–H groups in total. The molecule has 3 aliphatic rings. The number of hydrogen-bond acceptors (Lipinski definition) is 8. The first-order valence-corrected chi connectivity index (χ1v) is 15.2. The number of nitrogens with one attached hydrogen (secondary N) is 2. The number of pyridine rings is 2. The van der Waals surface area contributed by atoms with E-state index in [1.807, 2.05) is 6.07 Å². The first-order valence-electron chi connectivity index (χ1n) is 13.4. The fourth-order valence-corrected chi connectivity index (χ4v) is 8.28. The van der Waals surface area contributed by atoms with Crippen molar-refractivity contribution >= 4 is 38.0 Å². The maximum atomic E-state index is 15.1. The molecule has 6 rings (SSSR count). The van der Waals surface area contributed by atoms with E-state index < -0.39 is 26.4 Å². The lowest BCUT2D eigenvalue weighted by molar-refractivity contribution is 0.102. The zero-order chi connectivity index (χ0) is 27.5. The number of rotatable bonds is 5. The Bertz CT molecular complexity index is 1560. The first-order chi connectivity index (χ1) is 18.6. The van der Waals surface area contributed by atoms with Crippen LogP contribution in [-0.4, -0.2) is 60.6 Å². The molecule has 4 heterocycles. The molecule has 5 atom stereocenters. The molecule has 0 unspecified atom stereocenters. The van der Waals surface area contributed by atoms with E-state index in [1.54, 1.807) is 23.4 Å². The number of benzene rings is 1. The van der Waals surface area contributed by atoms with Crippen LogP contribution in [0.15, 0.2) is 42.9 Å². The van der Waals surface area contributed by atoms with E-state index in [9.17, 15) is 13.2 Å². The number of halogens is 1. The maximum absolute atomic E-state index is 15.1. The van der Waals surface area contributed by atoms with Gasteiger partial charge < -0.3 is 21.3 Å². The van der Waals surface area contributed by atoms with E-state index in [0.717, 1.165) is 24.8 Å². The summed E-state index contributed by atoms with van der Waals surface area (Å²) in [6, 6.07) is 6.34. The highest BCUT2D eigenvalue weighted by molar-refractivity contribution is 7.92. The number of piperazine rings is 1. The summed E-state index contributed by atoms with van der Waals surface area (Å²) in [5, 5.41) is 6.40. The van der Waals surface area contributed by atoms with Gasteiger partial charge in [0.25, 0.3) is 5.91 Å². The van der Waals surface area contributed by atoms with Crippen LogP contribution in [0.25, 0.3) is 10.9 Å². The number of fused-ring (bicyclic) bond motifs is 3.